The summed E-state index contributed by atoms with van der Waals surface area (Å²) in [6.45, 7) is 1.24. The van der Waals surface area contributed by atoms with Crippen molar-refractivity contribution >= 4 is 44.6 Å². The lowest BCUT2D eigenvalue weighted by atomic mass is 10.2. The van der Waals surface area contributed by atoms with Gasteiger partial charge in [-0.25, -0.2) is 0 Å². The average Bonchev–Trinajstić information content (AvgIpc) is 2.88. The van der Waals surface area contributed by atoms with E-state index in [0.29, 0.717) is 34.2 Å². The Bertz CT molecular complexity index is 1440. The van der Waals surface area contributed by atoms with Crippen molar-refractivity contribution in [3.05, 3.63) is 66.7 Å². The first-order valence-electron chi connectivity index (χ1n) is 10.6. The van der Waals surface area contributed by atoms with Crippen LogP contribution in [-0.4, -0.2) is 44.9 Å². The van der Waals surface area contributed by atoms with Crippen LogP contribution in [0.25, 0.3) is 0 Å². The Balaban J connectivity index is 1.68. The van der Waals surface area contributed by atoms with Crippen LogP contribution in [0.3, 0.4) is 0 Å². The normalized spacial score (nSPS) is 12.4. The molecule has 0 spiro atoms. The van der Waals surface area contributed by atoms with Gasteiger partial charge >= 0.3 is 0 Å². The van der Waals surface area contributed by atoms with Crippen molar-refractivity contribution in [2.24, 2.45) is 20.5 Å². The maximum Gasteiger partial charge on any atom is 0.294 e. The molecular formula is C24H23N5O7S. The predicted molar refractivity (Wildman–Crippen MR) is 134 cm³/mol. The number of hydrogen-bond acceptors (Lipinski definition) is 10. The first-order valence-corrected chi connectivity index (χ1v) is 12.1. The standard InChI is InChI=1S/C24H23N5O7S/c1-15(30)23(24(31)25-21-13-10-19(35-2)14-22(21)36-3)29-28-17-6-4-16(5-7-17)26-27-18-8-11-20(12-9-18)37(32,33)34/h4-14,23H,1-3H3,(H,25,31)(H,32,33,34). The highest BCUT2D eigenvalue weighted by Gasteiger charge is 2.24. The van der Waals surface area contributed by atoms with Crippen LogP contribution in [-0.2, 0) is 19.7 Å². The number of azo groups is 2. The molecule has 0 fully saturated rings. The van der Waals surface area contributed by atoms with E-state index < -0.39 is 27.9 Å². The Labute approximate surface area is 212 Å². The van der Waals surface area contributed by atoms with E-state index >= 15 is 0 Å². The van der Waals surface area contributed by atoms with Crippen LogP contribution >= 0.6 is 0 Å². The quantitative estimate of drug-likeness (QED) is 0.212. The molecule has 0 saturated carbocycles. The summed E-state index contributed by atoms with van der Waals surface area (Å²) in [5.41, 5.74) is 1.56. The van der Waals surface area contributed by atoms with Crippen molar-refractivity contribution in [1.29, 1.82) is 0 Å². The summed E-state index contributed by atoms with van der Waals surface area (Å²) in [6, 6.07) is 15.0. The fourth-order valence-corrected chi connectivity index (χ4v) is 3.41. The van der Waals surface area contributed by atoms with Crippen LogP contribution in [0.1, 0.15) is 6.92 Å². The third kappa shape index (κ3) is 7.49. The molecule has 0 aliphatic carbocycles. The maximum absolute atomic E-state index is 12.7. The summed E-state index contributed by atoms with van der Waals surface area (Å²) >= 11 is 0. The molecule has 37 heavy (non-hydrogen) atoms. The topological polar surface area (TPSA) is 168 Å². The highest BCUT2D eigenvalue weighted by molar-refractivity contribution is 7.85. The molecule has 12 nitrogen and oxygen atoms in total. The highest BCUT2D eigenvalue weighted by Crippen LogP contribution is 2.29. The van der Waals surface area contributed by atoms with E-state index in [1.54, 1.807) is 42.5 Å². The van der Waals surface area contributed by atoms with Crippen LogP contribution in [0, 0.1) is 0 Å². The number of nitrogens with one attached hydrogen (secondary N) is 1. The number of hydrogen-bond donors (Lipinski definition) is 2. The van der Waals surface area contributed by atoms with E-state index in [2.05, 4.69) is 25.8 Å². The van der Waals surface area contributed by atoms with Crippen LogP contribution < -0.4 is 14.8 Å². The van der Waals surface area contributed by atoms with Crippen molar-refractivity contribution in [2.75, 3.05) is 19.5 Å². The molecular weight excluding hydrogens is 502 g/mol. The lowest BCUT2D eigenvalue weighted by Crippen LogP contribution is -2.31. The second-order valence-electron chi connectivity index (χ2n) is 7.47. The summed E-state index contributed by atoms with van der Waals surface area (Å²) in [5, 5.41) is 18.5. The zero-order valence-electron chi connectivity index (χ0n) is 20.0. The van der Waals surface area contributed by atoms with Gasteiger partial charge in [0, 0.05) is 6.07 Å². The predicted octanol–water partition coefficient (Wildman–Crippen LogP) is 5.05. The van der Waals surface area contributed by atoms with E-state index in [0.717, 1.165) is 0 Å². The van der Waals surface area contributed by atoms with Crippen LogP contribution in [0.2, 0.25) is 0 Å². The number of methoxy groups -OCH3 is 2. The van der Waals surface area contributed by atoms with E-state index in [9.17, 15) is 18.0 Å². The molecule has 0 saturated heterocycles. The average molecular weight is 526 g/mol. The van der Waals surface area contributed by atoms with E-state index in [1.165, 1.54) is 45.4 Å². The van der Waals surface area contributed by atoms with Gasteiger partial charge in [-0.2, -0.15) is 28.9 Å². The summed E-state index contributed by atoms with van der Waals surface area (Å²) in [6.07, 6.45) is 0. The third-order valence-corrected chi connectivity index (χ3v) is 5.72. The number of anilines is 1. The zero-order chi connectivity index (χ0) is 27.0. The maximum atomic E-state index is 12.7. The van der Waals surface area contributed by atoms with Gasteiger partial charge in [0.25, 0.3) is 16.0 Å². The van der Waals surface area contributed by atoms with Crippen LogP contribution in [0.5, 0.6) is 11.5 Å². The van der Waals surface area contributed by atoms with E-state index in [1.807, 2.05) is 0 Å². The minimum absolute atomic E-state index is 0.248. The van der Waals surface area contributed by atoms with Gasteiger partial charge in [-0.05, 0) is 67.6 Å². The van der Waals surface area contributed by atoms with Crippen molar-refractivity contribution in [3.63, 3.8) is 0 Å². The molecule has 0 aromatic heterocycles. The lowest BCUT2D eigenvalue weighted by Gasteiger charge is -2.13. The largest absolute Gasteiger partial charge is 0.497 e. The molecule has 3 aromatic carbocycles. The fraction of sp³-hybridized carbons (Fsp3) is 0.167. The Morgan fingerprint density at radius 1 is 0.838 bits per heavy atom. The molecule has 0 aliphatic heterocycles. The number of carbonyl (C=O) groups is 2. The highest BCUT2D eigenvalue weighted by atomic mass is 32.2. The summed E-state index contributed by atoms with van der Waals surface area (Å²) in [4.78, 5) is 24.5. The zero-order valence-corrected chi connectivity index (χ0v) is 20.8. The second-order valence-corrected chi connectivity index (χ2v) is 8.89. The molecule has 0 radical (unpaired) electrons. The molecule has 1 amide bonds. The van der Waals surface area contributed by atoms with Gasteiger partial charge in [0.05, 0.1) is 41.9 Å². The smallest absolute Gasteiger partial charge is 0.294 e. The van der Waals surface area contributed by atoms with Crippen molar-refractivity contribution in [3.8, 4) is 11.5 Å². The second kappa shape index (κ2) is 12.0. The number of benzene rings is 3. The van der Waals surface area contributed by atoms with Crippen LogP contribution in [0.15, 0.2) is 92.1 Å². The Morgan fingerprint density at radius 2 is 1.38 bits per heavy atom. The lowest BCUT2D eigenvalue weighted by molar-refractivity contribution is -0.126. The number of ether oxygens (including phenoxy) is 2. The summed E-state index contributed by atoms with van der Waals surface area (Å²) < 4.78 is 41.6. The van der Waals surface area contributed by atoms with Gasteiger partial charge in [0.15, 0.2) is 5.78 Å². The third-order valence-electron chi connectivity index (χ3n) is 4.85. The molecule has 0 heterocycles. The van der Waals surface area contributed by atoms with Crippen molar-refractivity contribution < 1.29 is 32.0 Å². The van der Waals surface area contributed by atoms with Crippen LogP contribution in [0.4, 0.5) is 22.7 Å². The van der Waals surface area contributed by atoms with E-state index in [4.69, 9.17) is 14.0 Å². The number of rotatable bonds is 10. The van der Waals surface area contributed by atoms with Gasteiger partial charge in [0.2, 0.25) is 6.04 Å². The molecule has 2 N–H and O–H groups in total. The molecule has 0 aliphatic rings. The van der Waals surface area contributed by atoms with E-state index in [-0.39, 0.29) is 4.90 Å². The van der Waals surface area contributed by atoms with Gasteiger partial charge in [0.1, 0.15) is 11.5 Å². The monoisotopic (exact) mass is 525 g/mol. The first kappa shape index (κ1) is 27.1. The molecule has 3 aromatic rings. The number of amides is 1. The van der Waals surface area contributed by atoms with Crippen molar-refractivity contribution in [2.45, 2.75) is 17.9 Å². The fourth-order valence-electron chi connectivity index (χ4n) is 2.93. The minimum atomic E-state index is -4.28. The Kier molecular flexibility index (Phi) is 8.77. The summed E-state index contributed by atoms with van der Waals surface area (Å²) in [7, 11) is -1.34. The molecule has 0 bridgehead atoms. The SMILES string of the molecule is COc1ccc(NC(=O)C(N=Nc2ccc(N=Nc3ccc(S(=O)(=O)O)cc3)cc2)C(C)=O)c(OC)c1. The Morgan fingerprint density at radius 3 is 1.86 bits per heavy atom. The van der Waals surface area contributed by atoms with Gasteiger partial charge in [-0.3, -0.25) is 14.1 Å². The van der Waals surface area contributed by atoms with Crippen molar-refractivity contribution in [1.82, 2.24) is 0 Å². The molecule has 192 valence electrons. The number of ketones is 1. The molecule has 1 atom stereocenters. The Hall–Kier alpha value is -4.49. The molecule has 13 heteroatoms. The van der Waals surface area contributed by atoms with Gasteiger partial charge < -0.3 is 14.8 Å². The minimum Gasteiger partial charge on any atom is -0.497 e. The number of carbonyl (C=O) groups excluding carboxylic acids is 2. The van der Waals surface area contributed by atoms with Gasteiger partial charge in [-0.1, -0.05) is 0 Å². The molecule has 1 unspecified atom stereocenters. The number of Topliss-reactive ketones (excluding diaryl/α,β-unsaturated/α-hetero) is 1. The first-order chi connectivity index (χ1) is 17.6. The molecule has 3 rings (SSSR count). The summed E-state index contributed by atoms with van der Waals surface area (Å²) in [5.74, 6) is -0.286. The van der Waals surface area contributed by atoms with Gasteiger partial charge in [-0.15, -0.1) is 0 Å². The number of nitrogens with zero attached hydrogens (tertiary/aromatic N) is 4.